The molecule has 2 atom stereocenters. The van der Waals surface area contributed by atoms with Crippen LogP contribution in [-0.2, 0) is 4.79 Å². The van der Waals surface area contributed by atoms with Crippen molar-refractivity contribution in [2.24, 2.45) is 0 Å². The third kappa shape index (κ3) is 2.55. The van der Waals surface area contributed by atoms with Gasteiger partial charge in [0.15, 0.2) is 0 Å². The second-order valence-corrected chi connectivity index (χ2v) is 6.93. The lowest BCUT2D eigenvalue weighted by atomic mass is 10.2. The number of amides is 3. The summed E-state index contributed by atoms with van der Waals surface area (Å²) in [5.41, 5.74) is 1.33. The fourth-order valence-corrected chi connectivity index (χ4v) is 4.56. The molecule has 2 aromatic rings. The van der Waals surface area contributed by atoms with E-state index in [1.807, 2.05) is 24.3 Å². The maximum atomic E-state index is 13.1. The molecular weight excluding hydrogens is 343 g/mol. The van der Waals surface area contributed by atoms with E-state index in [4.69, 9.17) is 4.74 Å². The summed E-state index contributed by atoms with van der Waals surface area (Å²) in [6, 6.07) is 12.0. The Labute approximate surface area is 148 Å². The molecule has 1 unspecified atom stereocenters. The minimum Gasteiger partial charge on any atom is -0.497 e. The topological polar surface area (TPSA) is 49.9 Å². The van der Waals surface area contributed by atoms with Gasteiger partial charge in [-0.2, -0.15) is 0 Å². The number of methoxy groups -OCH3 is 1. The zero-order valence-electron chi connectivity index (χ0n) is 13.4. The Morgan fingerprint density at radius 1 is 1.08 bits per heavy atom. The lowest BCUT2D eigenvalue weighted by Crippen LogP contribution is -2.33. The Balaban J connectivity index is 1.65. The summed E-state index contributed by atoms with van der Waals surface area (Å²) in [6.45, 7) is 0. The van der Waals surface area contributed by atoms with Gasteiger partial charge < -0.3 is 4.74 Å². The van der Waals surface area contributed by atoms with Gasteiger partial charge in [0.25, 0.3) is 5.91 Å². The quantitative estimate of drug-likeness (QED) is 0.789. The second-order valence-electron chi connectivity index (χ2n) is 5.81. The van der Waals surface area contributed by atoms with Gasteiger partial charge in [0.1, 0.15) is 23.0 Å². The lowest BCUT2D eigenvalue weighted by molar-refractivity contribution is -0.119. The van der Waals surface area contributed by atoms with Crippen molar-refractivity contribution in [2.45, 2.75) is 11.4 Å². The van der Waals surface area contributed by atoms with Crippen LogP contribution in [0, 0.1) is 5.82 Å². The van der Waals surface area contributed by atoms with E-state index in [1.54, 1.807) is 23.8 Å². The number of thioether (sulfide) groups is 1. The van der Waals surface area contributed by atoms with E-state index in [-0.39, 0.29) is 17.3 Å². The highest BCUT2D eigenvalue weighted by atomic mass is 32.2. The highest BCUT2D eigenvalue weighted by Crippen LogP contribution is 2.46. The number of urea groups is 1. The van der Waals surface area contributed by atoms with E-state index < -0.39 is 11.9 Å². The number of fused-ring (bicyclic) bond motifs is 1. The molecule has 0 N–H and O–H groups in total. The summed E-state index contributed by atoms with van der Waals surface area (Å²) in [7, 11) is 1.60. The van der Waals surface area contributed by atoms with Crippen molar-refractivity contribution in [1.29, 1.82) is 0 Å². The van der Waals surface area contributed by atoms with Crippen LogP contribution in [-0.4, -0.2) is 35.7 Å². The Kier molecular flexibility index (Phi) is 3.88. The van der Waals surface area contributed by atoms with Crippen LogP contribution in [0.4, 0.5) is 14.9 Å². The number of carbonyl (C=O) groups excluding carboxylic acids is 2. The number of anilines is 1. The van der Waals surface area contributed by atoms with Gasteiger partial charge >= 0.3 is 6.03 Å². The number of carbonyl (C=O) groups is 2. The molecule has 2 heterocycles. The molecule has 0 radical (unpaired) electrons. The molecule has 4 rings (SSSR count). The summed E-state index contributed by atoms with van der Waals surface area (Å²) in [5, 5.41) is -0.224. The molecule has 0 bridgehead atoms. The zero-order valence-corrected chi connectivity index (χ0v) is 14.2. The molecule has 0 aliphatic carbocycles. The molecule has 2 aliphatic rings. The summed E-state index contributed by atoms with van der Waals surface area (Å²) in [4.78, 5) is 28.3. The molecule has 2 saturated heterocycles. The molecule has 25 heavy (non-hydrogen) atoms. The van der Waals surface area contributed by atoms with Crippen LogP contribution in [0.25, 0.3) is 0 Å². The van der Waals surface area contributed by atoms with Gasteiger partial charge in [-0.05, 0) is 42.0 Å². The highest BCUT2D eigenvalue weighted by molar-refractivity contribution is 7.99. The fraction of sp³-hybridized carbons (Fsp3) is 0.222. The molecule has 128 valence electrons. The van der Waals surface area contributed by atoms with Crippen molar-refractivity contribution in [2.75, 3.05) is 17.8 Å². The van der Waals surface area contributed by atoms with Gasteiger partial charge in [0.2, 0.25) is 0 Å². The van der Waals surface area contributed by atoms with Crippen LogP contribution in [0.1, 0.15) is 10.9 Å². The molecule has 2 aliphatic heterocycles. The molecule has 0 saturated carbocycles. The van der Waals surface area contributed by atoms with Gasteiger partial charge in [-0.15, -0.1) is 11.8 Å². The SMILES string of the molecule is COc1ccc(C2SC[C@@H]3C(=O)N(c4ccc(F)cc4)C(=O)N23)cc1. The average molecular weight is 358 g/mol. The predicted molar refractivity (Wildman–Crippen MR) is 93.1 cm³/mol. The number of benzene rings is 2. The van der Waals surface area contributed by atoms with Gasteiger partial charge in [-0.3, -0.25) is 9.69 Å². The summed E-state index contributed by atoms with van der Waals surface area (Å²) >= 11 is 1.56. The first-order valence-corrected chi connectivity index (χ1v) is 8.82. The Morgan fingerprint density at radius 3 is 2.40 bits per heavy atom. The van der Waals surface area contributed by atoms with Crippen LogP contribution in [0.5, 0.6) is 5.75 Å². The number of nitrogens with zero attached hydrogens (tertiary/aromatic N) is 2. The molecule has 2 fully saturated rings. The van der Waals surface area contributed by atoms with Crippen LogP contribution < -0.4 is 9.64 Å². The predicted octanol–water partition coefficient (Wildman–Crippen LogP) is 3.42. The van der Waals surface area contributed by atoms with Crippen molar-refractivity contribution < 1.29 is 18.7 Å². The fourth-order valence-electron chi connectivity index (χ4n) is 3.14. The summed E-state index contributed by atoms with van der Waals surface area (Å²) in [6.07, 6.45) is 0. The van der Waals surface area contributed by atoms with Crippen LogP contribution in [0.2, 0.25) is 0 Å². The average Bonchev–Trinajstić information content (AvgIpc) is 3.17. The molecule has 7 heteroatoms. The second kappa shape index (κ2) is 6.07. The van der Waals surface area contributed by atoms with Gasteiger partial charge in [0, 0.05) is 5.75 Å². The normalized spacial score (nSPS) is 22.5. The van der Waals surface area contributed by atoms with Crippen molar-refractivity contribution in [3.63, 3.8) is 0 Å². The first kappa shape index (κ1) is 16.0. The number of halogens is 1. The molecule has 3 amide bonds. The zero-order chi connectivity index (χ0) is 17.6. The number of hydrogen-bond acceptors (Lipinski definition) is 4. The van der Waals surface area contributed by atoms with Gasteiger partial charge in [-0.25, -0.2) is 14.1 Å². The van der Waals surface area contributed by atoms with Crippen LogP contribution >= 0.6 is 11.8 Å². The standard InChI is InChI=1S/C18H15FN2O3S/c1-24-14-8-2-11(3-9-14)17-21-15(10-25-17)16(22)20(18(21)23)13-6-4-12(19)5-7-13/h2-9,15,17H,10H2,1H3/t15-,17?/m1/s1. The smallest absolute Gasteiger partial charge is 0.333 e. The number of hydrogen-bond donors (Lipinski definition) is 0. The Hall–Kier alpha value is -2.54. The van der Waals surface area contributed by atoms with E-state index in [0.29, 0.717) is 11.4 Å². The minimum absolute atomic E-state index is 0.224. The van der Waals surface area contributed by atoms with E-state index >= 15 is 0 Å². The van der Waals surface area contributed by atoms with Crippen molar-refractivity contribution in [3.05, 3.63) is 59.9 Å². The Bertz CT molecular complexity index is 825. The molecular formula is C18H15FN2O3S. The van der Waals surface area contributed by atoms with Crippen molar-refractivity contribution >= 4 is 29.4 Å². The molecule has 0 aromatic heterocycles. The minimum atomic E-state index is -0.491. The molecule has 2 aromatic carbocycles. The van der Waals surface area contributed by atoms with Crippen LogP contribution in [0.15, 0.2) is 48.5 Å². The highest BCUT2D eigenvalue weighted by Gasteiger charge is 2.53. The van der Waals surface area contributed by atoms with Crippen molar-refractivity contribution in [1.82, 2.24) is 4.90 Å². The van der Waals surface area contributed by atoms with E-state index in [0.717, 1.165) is 16.2 Å². The van der Waals surface area contributed by atoms with Gasteiger partial charge in [-0.1, -0.05) is 12.1 Å². The number of ether oxygens (including phenoxy) is 1. The number of imide groups is 1. The largest absolute Gasteiger partial charge is 0.497 e. The maximum absolute atomic E-state index is 13.1. The maximum Gasteiger partial charge on any atom is 0.333 e. The lowest BCUT2D eigenvalue weighted by Gasteiger charge is -2.23. The van der Waals surface area contributed by atoms with E-state index in [2.05, 4.69) is 0 Å². The third-order valence-electron chi connectivity index (χ3n) is 4.40. The molecule has 0 spiro atoms. The molecule has 5 nitrogen and oxygen atoms in total. The van der Waals surface area contributed by atoms with E-state index in [1.165, 1.54) is 24.3 Å². The van der Waals surface area contributed by atoms with Crippen molar-refractivity contribution in [3.8, 4) is 5.75 Å². The van der Waals surface area contributed by atoms with E-state index in [9.17, 15) is 14.0 Å². The first-order valence-electron chi connectivity index (χ1n) is 7.77. The number of rotatable bonds is 3. The monoisotopic (exact) mass is 358 g/mol. The first-order chi connectivity index (χ1) is 12.1. The van der Waals surface area contributed by atoms with Gasteiger partial charge in [0.05, 0.1) is 12.8 Å². The summed E-state index contributed by atoms with van der Waals surface area (Å²) < 4.78 is 18.3. The van der Waals surface area contributed by atoms with Crippen LogP contribution in [0.3, 0.4) is 0 Å². The summed E-state index contributed by atoms with van der Waals surface area (Å²) in [5.74, 6) is 0.606. The third-order valence-corrected chi connectivity index (χ3v) is 5.73. The Morgan fingerprint density at radius 2 is 1.76 bits per heavy atom.